The van der Waals surface area contributed by atoms with Crippen LogP contribution < -0.4 is 18.9 Å². The zero-order chi connectivity index (χ0) is 27.8. The van der Waals surface area contributed by atoms with Crippen molar-refractivity contribution in [3.05, 3.63) is 77.9 Å². The van der Waals surface area contributed by atoms with E-state index >= 15 is 0 Å². The predicted molar refractivity (Wildman–Crippen MR) is 153 cm³/mol. The lowest BCUT2D eigenvalue weighted by atomic mass is 9.98. The van der Waals surface area contributed by atoms with Gasteiger partial charge in [-0.3, -0.25) is 0 Å². The van der Waals surface area contributed by atoms with Crippen molar-refractivity contribution in [3.63, 3.8) is 0 Å². The fourth-order valence-electron chi connectivity index (χ4n) is 4.01. The molecule has 0 aliphatic carbocycles. The van der Waals surface area contributed by atoms with Gasteiger partial charge in [-0.2, -0.15) is 5.26 Å². The normalized spacial score (nSPS) is 11.0. The van der Waals surface area contributed by atoms with Crippen LogP contribution in [0.1, 0.15) is 31.4 Å². The number of benzene rings is 3. The van der Waals surface area contributed by atoms with Gasteiger partial charge >= 0.3 is 0 Å². The van der Waals surface area contributed by atoms with Crippen LogP contribution in [0.25, 0.3) is 22.5 Å². The summed E-state index contributed by atoms with van der Waals surface area (Å²) in [6.07, 6.45) is 2.60. The molecule has 3 aromatic carbocycles. The molecule has 7 nitrogen and oxygen atoms in total. The molecular weight excluding hydrogens is 492 g/mol. The van der Waals surface area contributed by atoms with E-state index in [9.17, 15) is 5.26 Å². The van der Waals surface area contributed by atoms with E-state index in [1.165, 1.54) is 0 Å². The van der Waals surface area contributed by atoms with Gasteiger partial charge in [-0.15, -0.1) is 0 Å². The molecule has 0 radical (unpaired) electrons. The van der Waals surface area contributed by atoms with Crippen LogP contribution in [-0.2, 0) is 0 Å². The lowest BCUT2D eigenvalue weighted by molar-refractivity contribution is 0.273. The van der Waals surface area contributed by atoms with Crippen molar-refractivity contribution in [1.82, 2.24) is 0 Å². The molecule has 0 unspecified atom stereocenters. The minimum absolute atomic E-state index is 0.213. The molecule has 39 heavy (non-hydrogen) atoms. The fraction of sp³-hybridized carbons (Fsp3) is 0.250. The maximum Gasteiger partial charge on any atom is 0.238 e. The first-order valence-electron chi connectivity index (χ1n) is 12.7. The summed E-state index contributed by atoms with van der Waals surface area (Å²) < 4.78 is 28.3. The molecule has 4 rings (SSSR count). The Morgan fingerprint density at radius 1 is 0.846 bits per heavy atom. The minimum Gasteiger partial charge on any atom is -0.497 e. The summed E-state index contributed by atoms with van der Waals surface area (Å²) in [5.41, 5.74) is 3.38. The number of aliphatic imine (C=N–C) groups is 1. The van der Waals surface area contributed by atoms with Crippen molar-refractivity contribution in [2.24, 2.45) is 10.9 Å². The van der Waals surface area contributed by atoms with Crippen molar-refractivity contribution >= 4 is 12.1 Å². The summed E-state index contributed by atoms with van der Waals surface area (Å²) in [4.78, 5) is 4.58. The number of furan rings is 1. The van der Waals surface area contributed by atoms with Gasteiger partial charge in [-0.1, -0.05) is 26.0 Å². The molecule has 0 N–H and O–H groups in total. The Kier molecular flexibility index (Phi) is 8.90. The van der Waals surface area contributed by atoms with Gasteiger partial charge in [0, 0.05) is 17.3 Å². The molecule has 0 bridgehead atoms. The van der Waals surface area contributed by atoms with Crippen LogP contribution >= 0.6 is 0 Å². The monoisotopic (exact) mass is 524 g/mol. The van der Waals surface area contributed by atoms with Gasteiger partial charge in [-0.05, 0) is 78.1 Å². The standard InChI is InChI=1S/C32H32N2O5/c1-21(2)16-17-38-28-15-6-22(18-29(28)37-5)20-34-32-27(19-33)30(23-7-11-25(35-3)12-8-23)31(39-32)24-9-13-26(36-4)14-10-24/h6-15,18,20-21H,16-17H2,1-5H3. The summed E-state index contributed by atoms with van der Waals surface area (Å²) >= 11 is 0. The molecule has 1 heterocycles. The highest BCUT2D eigenvalue weighted by Crippen LogP contribution is 2.43. The van der Waals surface area contributed by atoms with Crippen LogP contribution in [0.3, 0.4) is 0 Å². The van der Waals surface area contributed by atoms with Gasteiger partial charge in [0.2, 0.25) is 5.88 Å². The van der Waals surface area contributed by atoms with Crippen molar-refractivity contribution in [2.45, 2.75) is 20.3 Å². The first-order chi connectivity index (χ1) is 19.0. The highest BCUT2D eigenvalue weighted by molar-refractivity contribution is 5.90. The van der Waals surface area contributed by atoms with E-state index in [2.05, 4.69) is 24.9 Å². The van der Waals surface area contributed by atoms with Crippen molar-refractivity contribution in [2.75, 3.05) is 27.9 Å². The summed E-state index contributed by atoms with van der Waals surface area (Å²) in [7, 11) is 4.83. The van der Waals surface area contributed by atoms with Crippen LogP contribution in [0.5, 0.6) is 23.0 Å². The molecule has 4 aromatic rings. The van der Waals surface area contributed by atoms with E-state index in [0.29, 0.717) is 40.9 Å². The van der Waals surface area contributed by atoms with Crippen LogP contribution in [0, 0.1) is 17.2 Å². The van der Waals surface area contributed by atoms with E-state index in [4.69, 9.17) is 23.4 Å². The van der Waals surface area contributed by atoms with Gasteiger partial charge in [0.05, 0.1) is 27.9 Å². The van der Waals surface area contributed by atoms with E-state index in [-0.39, 0.29) is 5.88 Å². The zero-order valence-corrected chi connectivity index (χ0v) is 22.9. The molecule has 7 heteroatoms. The Labute approximate surface area is 229 Å². The Morgan fingerprint density at radius 2 is 1.49 bits per heavy atom. The molecule has 0 aliphatic heterocycles. The van der Waals surface area contributed by atoms with E-state index < -0.39 is 0 Å². The summed E-state index contributed by atoms with van der Waals surface area (Å²) in [5, 5.41) is 10.2. The number of methoxy groups -OCH3 is 3. The third-order valence-electron chi connectivity index (χ3n) is 6.20. The number of nitriles is 1. The van der Waals surface area contributed by atoms with Gasteiger partial charge < -0.3 is 23.4 Å². The van der Waals surface area contributed by atoms with Crippen LogP contribution in [0.2, 0.25) is 0 Å². The SMILES string of the molecule is COc1ccc(-c2oc(N=Cc3ccc(OCCC(C)C)c(OC)c3)c(C#N)c2-c2ccc(OC)cc2)cc1. The number of hydrogen-bond acceptors (Lipinski definition) is 7. The van der Waals surface area contributed by atoms with E-state index in [1.54, 1.807) is 27.5 Å². The molecule has 0 saturated heterocycles. The van der Waals surface area contributed by atoms with Crippen LogP contribution in [-0.4, -0.2) is 34.2 Å². The maximum atomic E-state index is 10.2. The largest absolute Gasteiger partial charge is 0.497 e. The second-order valence-corrected chi connectivity index (χ2v) is 9.25. The molecule has 0 spiro atoms. The first kappa shape index (κ1) is 27.3. The molecule has 0 fully saturated rings. The van der Waals surface area contributed by atoms with Crippen molar-refractivity contribution in [3.8, 4) is 51.5 Å². The fourth-order valence-corrected chi connectivity index (χ4v) is 4.01. The minimum atomic E-state index is 0.213. The third kappa shape index (κ3) is 6.42. The van der Waals surface area contributed by atoms with E-state index in [0.717, 1.165) is 34.6 Å². The molecule has 200 valence electrons. The molecule has 0 amide bonds. The molecule has 0 atom stereocenters. The lowest BCUT2D eigenvalue weighted by Crippen LogP contribution is -2.02. The number of nitrogens with zero attached hydrogens (tertiary/aromatic N) is 2. The second-order valence-electron chi connectivity index (χ2n) is 9.25. The molecule has 0 saturated carbocycles. The maximum absolute atomic E-state index is 10.2. The predicted octanol–water partition coefficient (Wildman–Crippen LogP) is 7.69. The molecule has 1 aromatic heterocycles. The summed E-state index contributed by atoms with van der Waals surface area (Å²) in [6.45, 7) is 4.93. The average Bonchev–Trinajstić information content (AvgIpc) is 3.34. The van der Waals surface area contributed by atoms with Gasteiger partial charge in [0.15, 0.2) is 11.5 Å². The van der Waals surface area contributed by atoms with Crippen LogP contribution in [0.15, 0.2) is 76.1 Å². The zero-order valence-electron chi connectivity index (χ0n) is 22.9. The summed E-state index contributed by atoms with van der Waals surface area (Å²) in [5.74, 6) is 4.03. The van der Waals surface area contributed by atoms with Crippen molar-refractivity contribution in [1.29, 1.82) is 5.26 Å². The number of rotatable bonds is 11. The molecule has 0 aliphatic rings. The highest BCUT2D eigenvalue weighted by Gasteiger charge is 2.23. The third-order valence-corrected chi connectivity index (χ3v) is 6.20. The van der Waals surface area contributed by atoms with Crippen LogP contribution in [0.4, 0.5) is 5.88 Å². The summed E-state index contributed by atoms with van der Waals surface area (Å²) in [6, 6.07) is 22.9. The topological polar surface area (TPSA) is 86.2 Å². The first-order valence-corrected chi connectivity index (χ1v) is 12.7. The number of ether oxygens (including phenoxy) is 4. The Hall–Kier alpha value is -4.70. The quantitative estimate of drug-likeness (QED) is 0.187. The van der Waals surface area contributed by atoms with Gasteiger partial charge in [0.25, 0.3) is 0 Å². The van der Waals surface area contributed by atoms with E-state index in [1.807, 2.05) is 66.7 Å². The van der Waals surface area contributed by atoms with Gasteiger partial charge in [0.1, 0.15) is 28.9 Å². The number of hydrogen-bond donors (Lipinski definition) is 0. The second kappa shape index (κ2) is 12.7. The lowest BCUT2D eigenvalue weighted by Gasteiger charge is -2.12. The van der Waals surface area contributed by atoms with Gasteiger partial charge in [-0.25, -0.2) is 4.99 Å². The highest BCUT2D eigenvalue weighted by atomic mass is 16.5. The average molecular weight is 525 g/mol. The Balaban J connectivity index is 1.73. The smallest absolute Gasteiger partial charge is 0.238 e. The Bertz CT molecular complexity index is 1460. The van der Waals surface area contributed by atoms with Crippen molar-refractivity contribution < 1.29 is 23.4 Å². The Morgan fingerprint density at radius 3 is 2.05 bits per heavy atom. The molecular formula is C32H32N2O5.